The van der Waals surface area contributed by atoms with Crippen molar-refractivity contribution in [3.8, 4) is 0 Å². The molecule has 6 nitrogen and oxygen atoms in total. The van der Waals surface area contributed by atoms with Gasteiger partial charge in [0, 0.05) is 6.42 Å². The maximum Gasteiger partial charge on any atom is 0.381 e. The van der Waals surface area contributed by atoms with E-state index in [1.165, 1.54) is 17.1 Å². The van der Waals surface area contributed by atoms with Crippen molar-refractivity contribution < 1.29 is 9.72 Å². The summed E-state index contributed by atoms with van der Waals surface area (Å²) >= 11 is 0. The van der Waals surface area contributed by atoms with Crippen LogP contribution in [0.1, 0.15) is 12.0 Å². The van der Waals surface area contributed by atoms with Crippen molar-refractivity contribution >= 4 is 11.6 Å². The highest BCUT2D eigenvalue weighted by molar-refractivity contribution is 5.78. The van der Waals surface area contributed by atoms with Crippen molar-refractivity contribution in [2.45, 2.75) is 19.4 Å². The van der Waals surface area contributed by atoms with E-state index in [0.29, 0.717) is 12.8 Å². The molecule has 2 aromatic rings. The van der Waals surface area contributed by atoms with Gasteiger partial charge in [-0.1, -0.05) is 30.3 Å². The number of ketones is 1. The number of aromatic nitrogens is 2. The SMILES string of the molecule is O=C(CCc1ccccc1)Cn1cnc([N+](=O)[O-])c1. The lowest BCUT2D eigenvalue weighted by Crippen LogP contribution is -2.09. The van der Waals surface area contributed by atoms with Crippen molar-refractivity contribution in [1.29, 1.82) is 0 Å². The Morgan fingerprint density at radius 3 is 2.68 bits per heavy atom. The first-order valence-electron chi connectivity index (χ1n) is 5.87. The van der Waals surface area contributed by atoms with Crippen LogP contribution in [0.3, 0.4) is 0 Å². The van der Waals surface area contributed by atoms with E-state index in [4.69, 9.17) is 0 Å². The summed E-state index contributed by atoms with van der Waals surface area (Å²) in [6, 6.07) is 9.72. The Kier molecular flexibility index (Phi) is 4.02. The van der Waals surface area contributed by atoms with Crippen LogP contribution in [0.15, 0.2) is 42.9 Å². The number of aryl methyl sites for hydroxylation is 1. The van der Waals surface area contributed by atoms with Crippen molar-refractivity contribution in [3.63, 3.8) is 0 Å². The Balaban J connectivity index is 1.85. The van der Waals surface area contributed by atoms with E-state index >= 15 is 0 Å². The van der Waals surface area contributed by atoms with Crippen LogP contribution in [0.4, 0.5) is 5.82 Å². The first-order valence-corrected chi connectivity index (χ1v) is 5.87. The molecule has 0 N–H and O–H groups in total. The summed E-state index contributed by atoms with van der Waals surface area (Å²) in [5, 5.41) is 10.5. The summed E-state index contributed by atoms with van der Waals surface area (Å²) in [6.45, 7) is 0.119. The van der Waals surface area contributed by atoms with Gasteiger partial charge in [0.15, 0.2) is 5.78 Å². The molecular weight excluding hydrogens is 246 g/mol. The molecular formula is C13H13N3O3. The van der Waals surface area contributed by atoms with Gasteiger partial charge in [0.05, 0.1) is 6.54 Å². The molecule has 0 bridgehead atoms. The highest BCUT2D eigenvalue weighted by atomic mass is 16.6. The molecule has 19 heavy (non-hydrogen) atoms. The van der Waals surface area contributed by atoms with Crippen molar-refractivity contribution in [1.82, 2.24) is 9.55 Å². The molecule has 0 aliphatic heterocycles. The third-order valence-electron chi connectivity index (χ3n) is 2.70. The summed E-state index contributed by atoms with van der Waals surface area (Å²) in [5.74, 6) is -0.216. The fourth-order valence-corrected chi connectivity index (χ4v) is 1.74. The van der Waals surface area contributed by atoms with Crippen LogP contribution in [-0.2, 0) is 17.8 Å². The van der Waals surface area contributed by atoms with Crippen LogP contribution in [-0.4, -0.2) is 20.3 Å². The molecule has 0 aliphatic rings. The zero-order chi connectivity index (χ0) is 13.7. The van der Waals surface area contributed by atoms with Gasteiger partial charge in [-0.3, -0.25) is 4.79 Å². The summed E-state index contributed by atoms with van der Waals surface area (Å²) in [7, 11) is 0. The number of benzene rings is 1. The molecule has 1 aromatic carbocycles. The van der Waals surface area contributed by atoms with Crippen LogP contribution in [0, 0.1) is 10.1 Å². The van der Waals surface area contributed by atoms with Gasteiger partial charge in [-0.15, -0.1) is 0 Å². The van der Waals surface area contributed by atoms with E-state index < -0.39 is 4.92 Å². The molecule has 2 rings (SSSR count). The monoisotopic (exact) mass is 259 g/mol. The predicted octanol–water partition coefficient (Wildman–Crippen LogP) is 1.99. The Labute approximate surface area is 109 Å². The molecule has 1 aromatic heterocycles. The Morgan fingerprint density at radius 2 is 2.05 bits per heavy atom. The quantitative estimate of drug-likeness (QED) is 0.587. The number of carbonyl (C=O) groups excluding carboxylic acids is 1. The first-order chi connectivity index (χ1) is 9.15. The molecule has 6 heteroatoms. The zero-order valence-corrected chi connectivity index (χ0v) is 10.2. The second-order valence-electron chi connectivity index (χ2n) is 4.19. The number of Topliss-reactive ketones (excluding diaryl/α,β-unsaturated/α-hetero) is 1. The van der Waals surface area contributed by atoms with Gasteiger partial charge in [-0.05, 0) is 21.9 Å². The lowest BCUT2D eigenvalue weighted by atomic mass is 10.1. The molecule has 0 aliphatic carbocycles. The predicted molar refractivity (Wildman–Crippen MR) is 68.7 cm³/mol. The number of nitro groups is 1. The molecule has 0 spiro atoms. The maximum absolute atomic E-state index is 11.7. The van der Waals surface area contributed by atoms with E-state index in [1.54, 1.807) is 0 Å². The van der Waals surface area contributed by atoms with E-state index in [1.807, 2.05) is 30.3 Å². The topological polar surface area (TPSA) is 78.0 Å². The second kappa shape index (κ2) is 5.90. The number of imidazole rings is 1. The van der Waals surface area contributed by atoms with Gasteiger partial charge in [0.25, 0.3) is 0 Å². The largest absolute Gasteiger partial charge is 0.381 e. The standard InChI is InChI=1S/C13H13N3O3/c17-12(7-6-11-4-2-1-3-5-11)8-15-9-13(14-10-15)16(18)19/h1-5,9-10H,6-8H2. The van der Waals surface area contributed by atoms with Gasteiger partial charge in [-0.2, -0.15) is 0 Å². The van der Waals surface area contributed by atoms with E-state index in [0.717, 1.165) is 5.56 Å². The van der Waals surface area contributed by atoms with Gasteiger partial charge in [0.1, 0.15) is 6.20 Å². The molecule has 0 fully saturated rings. The van der Waals surface area contributed by atoms with Crippen molar-refractivity contribution in [2.75, 3.05) is 0 Å². The smallest absolute Gasteiger partial charge is 0.358 e. The molecule has 0 saturated carbocycles. The molecule has 0 unspecified atom stereocenters. The maximum atomic E-state index is 11.7. The normalized spacial score (nSPS) is 10.3. The van der Waals surface area contributed by atoms with Gasteiger partial charge >= 0.3 is 5.82 Å². The number of hydrogen-bond acceptors (Lipinski definition) is 4. The number of rotatable bonds is 6. The van der Waals surface area contributed by atoms with Crippen molar-refractivity contribution in [2.24, 2.45) is 0 Å². The fraction of sp³-hybridized carbons (Fsp3) is 0.231. The number of nitrogens with zero attached hydrogens (tertiary/aromatic N) is 3. The molecule has 0 amide bonds. The second-order valence-corrected chi connectivity index (χ2v) is 4.19. The molecule has 1 heterocycles. The Morgan fingerprint density at radius 1 is 1.32 bits per heavy atom. The average Bonchev–Trinajstić information content (AvgIpc) is 2.86. The number of carbonyl (C=O) groups is 1. The van der Waals surface area contributed by atoms with Crippen LogP contribution in [0.25, 0.3) is 0 Å². The summed E-state index contributed by atoms with van der Waals surface area (Å²) < 4.78 is 1.44. The minimum absolute atomic E-state index is 0.0242. The Hall–Kier alpha value is -2.50. The fourth-order valence-electron chi connectivity index (χ4n) is 1.74. The Bertz CT molecular complexity index is 578. The van der Waals surface area contributed by atoms with Crippen LogP contribution in [0.5, 0.6) is 0 Å². The summed E-state index contributed by atoms with van der Waals surface area (Å²) in [4.78, 5) is 25.2. The van der Waals surface area contributed by atoms with Crippen LogP contribution < -0.4 is 0 Å². The lowest BCUT2D eigenvalue weighted by Gasteiger charge is -2.01. The van der Waals surface area contributed by atoms with Crippen molar-refractivity contribution in [3.05, 3.63) is 58.5 Å². The number of hydrogen-bond donors (Lipinski definition) is 0. The lowest BCUT2D eigenvalue weighted by molar-refractivity contribution is -0.389. The summed E-state index contributed by atoms with van der Waals surface area (Å²) in [5.41, 5.74) is 1.10. The van der Waals surface area contributed by atoms with E-state index in [2.05, 4.69) is 4.98 Å². The average molecular weight is 259 g/mol. The van der Waals surface area contributed by atoms with E-state index in [9.17, 15) is 14.9 Å². The highest BCUT2D eigenvalue weighted by Gasteiger charge is 2.11. The third-order valence-corrected chi connectivity index (χ3v) is 2.70. The molecule has 0 radical (unpaired) electrons. The minimum atomic E-state index is -0.578. The highest BCUT2D eigenvalue weighted by Crippen LogP contribution is 2.07. The zero-order valence-electron chi connectivity index (χ0n) is 10.2. The molecule has 0 atom stereocenters. The summed E-state index contributed by atoms with van der Waals surface area (Å²) in [6.07, 6.45) is 3.66. The first kappa shape index (κ1) is 12.9. The third kappa shape index (κ3) is 3.74. The van der Waals surface area contributed by atoms with Crippen LogP contribution >= 0.6 is 0 Å². The van der Waals surface area contributed by atoms with E-state index in [-0.39, 0.29) is 18.1 Å². The van der Waals surface area contributed by atoms with Gasteiger partial charge in [0.2, 0.25) is 6.33 Å². The van der Waals surface area contributed by atoms with Gasteiger partial charge in [-0.25, -0.2) is 0 Å². The minimum Gasteiger partial charge on any atom is -0.358 e. The molecule has 98 valence electrons. The molecule has 0 saturated heterocycles. The van der Waals surface area contributed by atoms with Crippen LogP contribution in [0.2, 0.25) is 0 Å². The van der Waals surface area contributed by atoms with Gasteiger partial charge < -0.3 is 14.7 Å².